The molecule has 1 aromatic heterocycles. The predicted molar refractivity (Wildman–Crippen MR) is 53.1 cm³/mol. The average Bonchev–Trinajstić information content (AvgIpc) is 2.69. The quantitative estimate of drug-likeness (QED) is 0.903. The van der Waals surface area contributed by atoms with Gasteiger partial charge in [0, 0.05) is 11.5 Å². The van der Waals surface area contributed by atoms with E-state index in [-0.39, 0.29) is 16.7 Å². The van der Waals surface area contributed by atoms with Crippen LogP contribution < -0.4 is 4.74 Å². The van der Waals surface area contributed by atoms with Gasteiger partial charge in [0.15, 0.2) is 11.5 Å². The highest BCUT2D eigenvalue weighted by atomic mass is 32.1. The molecule has 0 aliphatic rings. The molecule has 1 N–H and O–H groups in total. The summed E-state index contributed by atoms with van der Waals surface area (Å²) < 4.78 is 44.7. The second-order valence-electron chi connectivity index (χ2n) is 2.95. The Morgan fingerprint density at radius 1 is 1.24 bits per heavy atom. The van der Waals surface area contributed by atoms with Crippen molar-refractivity contribution < 1.29 is 23.0 Å². The number of hydrogen-bond donors (Lipinski definition) is 1. The van der Waals surface area contributed by atoms with E-state index in [9.17, 15) is 18.3 Å². The first-order chi connectivity index (χ1) is 7.97. The van der Waals surface area contributed by atoms with Crippen LogP contribution in [0.1, 0.15) is 5.82 Å². The summed E-state index contributed by atoms with van der Waals surface area (Å²) in [6, 6.07) is 5.88. The van der Waals surface area contributed by atoms with Gasteiger partial charge in [-0.1, -0.05) is 12.1 Å². The summed E-state index contributed by atoms with van der Waals surface area (Å²) in [4.78, 5) is 3.17. The van der Waals surface area contributed by atoms with E-state index in [4.69, 9.17) is 4.74 Å². The van der Waals surface area contributed by atoms with E-state index in [1.807, 2.05) is 0 Å². The molecule has 1 aromatic carbocycles. The molecule has 0 unspecified atom stereocenters. The molecule has 8 heteroatoms. The summed E-state index contributed by atoms with van der Waals surface area (Å²) in [5, 5.41) is 9.07. The summed E-state index contributed by atoms with van der Waals surface area (Å²) in [6.07, 6.45) is -4.60. The van der Waals surface area contributed by atoms with E-state index < -0.39 is 12.0 Å². The first-order valence-electron chi connectivity index (χ1n) is 4.33. The predicted octanol–water partition coefficient (Wildman–Crippen LogP) is 3.05. The third-order valence-corrected chi connectivity index (χ3v) is 2.32. The van der Waals surface area contributed by atoms with Gasteiger partial charge in [0.1, 0.15) is 0 Å². The number of phenolic OH excluding ortho intramolecular Hbond substituents is 1. The summed E-state index contributed by atoms with van der Waals surface area (Å²) in [6.45, 7) is 0. The van der Waals surface area contributed by atoms with E-state index >= 15 is 0 Å². The van der Waals surface area contributed by atoms with Crippen molar-refractivity contribution in [2.24, 2.45) is 0 Å². The number of para-hydroxylation sites is 2. The Hall–Kier alpha value is -1.83. The van der Waals surface area contributed by atoms with Crippen LogP contribution in [-0.2, 0) is 6.18 Å². The molecule has 0 aliphatic carbocycles. The van der Waals surface area contributed by atoms with Gasteiger partial charge in [0.25, 0.3) is 11.0 Å². The van der Waals surface area contributed by atoms with Gasteiger partial charge >= 0.3 is 6.18 Å². The molecule has 0 bridgehead atoms. The number of nitrogens with zero attached hydrogens (tertiary/aromatic N) is 2. The molecule has 0 saturated carbocycles. The molecule has 0 saturated heterocycles. The van der Waals surface area contributed by atoms with Crippen molar-refractivity contribution in [2.45, 2.75) is 6.18 Å². The molecule has 4 nitrogen and oxygen atoms in total. The summed E-state index contributed by atoms with van der Waals surface area (Å²) in [7, 11) is 0. The molecule has 0 amide bonds. The second kappa shape index (κ2) is 4.21. The lowest BCUT2D eigenvalue weighted by Gasteiger charge is -2.02. The molecule has 2 rings (SSSR count). The second-order valence-corrected chi connectivity index (χ2v) is 3.67. The SMILES string of the molecule is Oc1ccccc1Oc1nc(C(F)(F)F)ns1. The monoisotopic (exact) mass is 262 g/mol. The molecule has 2 aromatic rings. The minimum absolute atomic E-state index is 0.0253. The molecule has 0 radical (unpaired) electrons. The van der Waals surface area contributed by atoms with Gasteiger partial charge in [-0.15, -0.1) is 0 Å². The summed E-state index contributed by atoms with van der Waals surface area (Å²) >= 11 is 0.466. The van der Waals surface area contributed by atoms with Crippen LogP contribution in [0.3, 0.4) is 0 Å². The van der Waals surface area contributed by atoms with Gasteiger partial charge in [0.05, 0.1) is 0 Å². The van der Waals surface area contributed by atoms with Gasteiger partial charge in [-0.25, -0.2) is 0 Å². The minimum atomic E-state index is -4.60. The highest BCUT2D eigenvalue weighted by molar-refractivity contribution is 7.07. The van der Waals surface area contributed by atoms with Crippen molar-refractivity contribution in [3.8, 4) is 16.7 Å². The molecule has 90 valence electrons. The fourth-order valence-corrected chi connectivity index (χ4v) is 1.57. The first kappa shape index (κ1) is 11.6. The molecule has 17 heavy (non-hydrogen) atoms. The third kappa shape index (κ3) is 2.64. The Morgan fingerprint density at radius 2 is 1.94 bits per heavy atom. The van der Waals surface area contributed by atoms with Crippen molar-refractivity contribution in [1.82, 2.24) is 9.36 Å². The number of halogens is 3. The smallest absolute Gasteiger partial charge is 0.452 e. The van der Waals surface area contributed by atoms with Crippen LogP contribution in [0.4, 0.5) is 13.2 Å². The van der Waals surface area contributed by atoms with Crippen LogP contribution in [-0.4, -0.2) is 14.5 Å². The minimum Gasteiger partial charge on any atom is -0.504 e. The van der Waals surface area contributed by atoms with E-state index in [0.717, 1.165) is 0 Å². The Morgan fingerprint density at radius 3 is 2.53 bits per heavy atom. The van der Waals surface area contributed by atoms with Gasteiger partial charge in [-0.2, -0.15) is 22.5 Å². The number of phenols is 1. The number of alkyl halides is 3. The first-order valence-corrected chi connectivity index (χ1v) is 5.11. The zero-order chi connectivity index (χ0) is 12.5. The fourth-order valence-electron chi connectivity index (χ4n) is 1.00. The number of hydrogen-bond acceptors (Lipinski definition) is 5. The van der Waals surface area contributed by atoms with E-state index in [1.165, 1.54) is 12.1 Å². The number of aromatic nitrogens is 2. The standard InChI is InChI=1S/C9H5F3N2O2S/c10-9(11,12)7-13-8(17-14-7)16-6-4-2-1-3-5(6)15/h1-4,15H. The Kier molecular flexibility index (Phi) is 2.88. The fraction of sp³-hybridized carbons (Fsp3) is 0.111. The van der Waals surface area contributed by atoms with Gasteiger partial charge in [-0.05, 0) is 12.1 Å². The molecular weight excluding hydrogens is 257 g/mol. The van der Waals surface area contributed by atoms with Gasteiger partial charge in [-0.3, -0.25) is 0 Å². The molecule has 0 atom stereocenters. The normalized spacial score (nSPS) is 11.5. The molecule has 0 spiro atoms. The molecular formula is C9H5F3N2O2S. The van der Waals surface area contributed by atoms with E-state index in [2.05, 4.69) is 9.36 Å². The highest BCUT2D eigenvalue weighted by Crippen LogP contribution is 2.34. The Bertz CT molecular complexity index is 527. The van der Waals surface area contributed by atoms with Crippen molar-refractivity contribution in [3.63, 3.8) is 0 Å². The average molecular weight is 262 g/mol. The molecule has 0 fully saturated rings. The van der Waals surface area contributed by atoms with Gasteiger partial charge in [0.2, 0.25) is 0 Å². The largest absolute Gasteiger partial charge is 0.504 e. The lowest BCUT2D eigenvalue weighted by Crippen LogP contribution is -2.06. The molecule has 0 aliphatic heterocycles. The van der Waals surface area contributed by atoms with Crippen LogP contribution >= 0.6 is 11.5 Å². The van der Waals surface area contributed by atoms with Crippen LogP contribution in [0, 0.1) is 0 Å². The van der Waals surface area contributed by atoms with E-state index in [0.29, 0.717) is 11.5 Å². The zero-order valence-electron chi connectivity index (χ0n) is 8.10. The Balaban J connectivity index is 2.21. The summed E-state index contributed by atoms with van der Waals surface area (Å²) in [5.74, 6) is -1.42. The van der Waals surface area contributed by atoms with Crippen LogP contribution in [0.2, 0.25) is 0 Å². The number of rotatable bonds is 2. The van der Waals surface area contributed by atoms with Gasteiger partial charge < -0.3 is 9.84 Å². The number of ether oxygens (including phenoxy) is 1. The maximum atomic E-state index is 12.2. The van der Waals surface area contributed by atoms with Crippen molar-refractivity contribution in [2.75, 3.05) is 0 Å². The Labute approximate surface area is 97.5 Å². The number of aromatic hydroxyl groups is 1. The highest BCUT2D eigenvalue weighted by Gasteiger charge is 2.36. The van der Waals surface area contributed by atoms with Crippen LogP contribution in [0.5, 0.6) is 16.7 Å². The van der Waals surface area contributed by atoms with Crippen LogP contribution in [0.15, 0.2) is 24.3 Å². The lowest BCUT2D eigenvalue weighted by atomic mass is 10.3. The maximum Gasteiger partial charge on any atom is 0.452 e. The lowest BCUT2D eigenvalue weighted by molar-refractivity contribution is -0.144. The van der Waals surface area contributed by atoms with Crippen molar-refractivity contribution in [1.29, 1.82) is 0 Å². The maximum absolute atomic E-state index is 12.2. The van der Waals surface area contributed by atoms with E-state index in [1.54, 1.807) is 12.1 Å². The van der Waals surface area contributed by atoms with Crippen LogP contribution in [0.25, 0.3) is 0 Å². The summed E-state index contributed by atoms with van der Waals surface area (Å²) in [5.41, 5.74) is 0. The molecule has 1 heterocycles. The topological polar surface area (TPSA) is 55.2 Å². The van der Waals surface area contributed by atoms with Crippen molar-refractivity contribution >= 4 is 11.5 Å². The number of benzene rings is 1. The van der Waals surface area contributed by atoms with Crippen molar-refractivity contribution in [3.05, 3.63) is 30.1 Å². The zero-order valence-corrected chi connectivity index (χ0v) is 8.92. The third-order valence-electron chi connectivity index (χ3n) is 1.72.